The molecule has 54 valence electrons. The van der Waals surface area contributed by atoms with Crippen molar-refractivity contribution in [3.8, 4) is 0 Å². The average Bonchev–Trinajstić information content (AvgIpc) is 1.84. The van der Waals surface area contributed by atoms with Crippen LogP contribution in [0.3, 0.4) is 0 Å². The second-order valence-electron chi connectivity index (χ2n) is 1.71. The lowest BCUT2D eigenvalue weighted by Gasteiger charge is -2.08. The van der Waals surface area contributed by atoms with E-state index in [1.807, 2.05) is 0 Å². The van der Waals surface area contributed by atoms with Crippen molar-refractivity contribution >= 4 is 21.9 Å². The predicted molar refractivity (Wildman–Crippen MR) is 36.6 cm³/mol. The van der Waals surface area contributed by atoms with Crippen LogP contribution >= 0.6 is 15.9 Å². The number of halogens is 1. The molecule has 0 unspecified atom stereocenters. The summed E-state index contributed by atoms with van der Waals surface area (Å²) in [5.41, 5.74) is 0. The van der Waals surface area contributed by atoms with E-state index in [0.717, 1.165) is 0 Å². The first kappa shape index (κ1) is 8.91. The summed E-state index contributed by atoms with van der Waals surface area (Å²) in [6.45, 7) is 1.80. The van der Waals surface area contributed by atoms with E-state index in [9.17, 15) is 4.79 Å². The van der Waals surface area contributed by atoms with Gasteiger partial charge in [-0.25, -0.2) is 4.79 Å². The Morgan fingerprint density at radius 1 is 1.78 bits per heavy atom. The minimum absolute atomic E-state index is 0.338. The van der Waals surface area contributed by atoms with E-state index in [1.165, 1.54) is 0 Å². The SMILES string of the molecule is CC[C@@H](Br)[C@@H](O)C(=O)O. The number of carbonyl (C=O) groups is 1. The van der Waals surface area contributed by atoms with Crippen LogP contribution in [-0.2, 0) is 4.79 Å². The van der Waals surface area contributed by atoms with E-state index < -0.39 is 12.1 Å². The van der Waals surface area contributed by atoms with Crippen LogP contribution in [0.2, 0.25) is 0 Å². The van der Waals surface area contributed by atoms with Gasteiger partial charge in [-0.2, -0.15) is 0 Å². The van der Waals surface area contributed by atoms with Gasteiger partial charge in [0.05, 0.1) is 4.83 Å². The molecular formula is C5H9BrO3. The summed E-state index contributed by atoms with van der Waals surface area (Å²) in [5, 5.41) is 17.0. The largest absolute Gasteiger partial charge is 0.479 e. The fourth-order valence-electron chi connectivity index (χ4n) is 0.378. The summed E-state index contributed by atoms with van der Waals surface area (Å²) in [4.78, 5) is 9.68. The summed E-state index contributed by atoms with van der Waals surface area (Å²) < 4.78 is 0. The number of hydrogen-bond donors (Lipinski definition) is 2. The van der Waals surface area contributed by atoms with E-state index in [2.05, 4.69) is 15.9 Å². The molecule has 0 radical (unpaired) electrons. The monoisotopic (exact) mass is 196 g/mol. The normalized spacial score (nSPS) is 16.8. The third-order valence-electron chi connectivity index (χ3n) is 0.986. The van der Waals surface area contributed by atoms with E-state index in [-0.39, 0.29) is 4.83 Å². The van der Waals surface area contributed by atoms with Gasteiger partial charge in [0.15, 0.2) is 6.10 Å². The van der Waals surface area contributed by atoms with Gasteiger partial charge in [-0.05, 0) is 6.42 Å². The molecule has 0 aliphatic carbocycles. The summed E-state index contributed by atoms with van der Waals surface area (Å²) >= 11 is 3.01. The summed E-state index contributed by atoms with van der Waals surface area (Å²) in [6, 6.07) is 0. The number of alkyl halides is 1. The molecule has 0 aliphatic heterocycles. The smallest absolute Gasteiger partial charge is 0.333 e. The number of hydrogen-bond acceptors (Lipinski definition) is 2. The lowest BCUT2D eigenvalue weighted by molar-refractivity contribution is -0.146. The van der Waals surface area contributed by atoms with Crippen molar-refractivity contribution in [1.29, 1.82) is 0 Å². The molecule has 0 aromatic rings. The maximum absolute atomic E-state index is 10.0. The quantitative estimate of drug-likeness (QED) is 0.651. The third-order valence-corrected chi connectivity index (χ3v) is 2.13. The molecule has 0 saturated heterocycles. The Bertz CT molecular complexity index is 104. The minimum Gasteiger partial charge on any atom is -0.479 e. The number of aliphatic hydroxyl groups is 1. The average molecular weight is 197 g/mol. The molecule has 0 heterocycles. The zero-order chi connectivity index (χ0) is 7.44. The predicted octanol–water partition coefficient (Wildman–Crippen LogP) is 0.605. The molecule has 0 amide bonds. The molecule has 0 saturated carbocycles. The van der Waals surface area contributed by atoms with Gasteiger partial charge in [0.1, 0.15) is 0 Å². The van der Waals surface area contributed by atoms with Gasteiger partial charge in [-0.1, -0.05) is 22.9 Å². The van der Waals surface area contributed by atoms with Gasteiger partial charge < -0.3 is 10.2 Å². The van der Waals surface area contributed by atoms with Crippen LogP contribution in [0.1, 0.15) is 13.3 Å². The molecule has 0 aromatic carbocycles. The highest BCUT2D eigenvalue weighted by Crippen LogP contribution is 2.09. The molecule has 9 heavy (non-hydrogen) atoms. The highest BCUT2D eigenvalue weighted by molar-refractivity contribution is 9.09. The van der Waals surface area contributed by atoms with Gasteiger partial charge in [0, 0.05) is 0 Å². The van der Waals surface area contributed by atoms with Gasteiger partial charge in [0.2, 0.25) is 0 Å². The standard InChI is InChI=1S/C5H9BrO3/c1-2-3(6)4(7)5(8)9/h3-4,7H,2H2,1H3,(H,8,9)/t3-,4-/m1/s1. The van der Waals surface area contributed by atoms with E-state index >= 15 is 0 Å². The van der Waals surface area contributed by atoms with Crippen molar-refractivity contribution in [2.45, 2.75) is 24.3 Å². The van der Waals surface area contributed by atoms with Crippen molar-refractivity contribution in [2.24, 2.45) is 0 Å². The molecule has 3 nitrogen and oxygen atoms in total. The Kier molecular flexibility index (Phi) is 3.81. The summed E-state index contributed by atoms with van der Waals surface area (Å²) in [5.74, 6) is -1.18. The molecule has 4 heteroatoms. The van der Waals surface area contributed by atoms with Crippen molar-refractivity contribution in [2.75, 3.05) is 0 Å². The number of aliphatic hydroxyl groups excluding tert-OH is 1. The minimum atomic E-state index is -1.28. The highest BCUT2D eigenvalue weighted by Gasteiger charge is 2.20. The Morgan fingerprint density at radius 2 is 2.22 bits per heavy atom. The second kappa shape index (κ2) is 3.85. The zero-order valence-corrected chi connectivity index (χ0v) is 6.63. The topological polar surface area (TPSA) is 57.5 Å². The van der Waals surface area contributed by atoms with Crippen molar-refractivity contribution < 1.29 is 15.0 Å². The first-order chi connectivity index (χ1) is 4.09. The molecular weight excluding hydrogens is 188 g/mol. The summed E-state index contributed by atoms with van der Waals surface area (Å²) in [7, 11) is 0. The third kappa shape index (κ3) is 2.81. The van der Waals surface area contributed by atoms with Gasteiger partial charge in [-0.3, -0.25) is 0 Å². The van der Waals surface area contributed by atoms with Crippen molar-refractivity contribution in [1.82, 2.24) is 0 Å². The Balaban J connectivity index is 3.72. The first-order valence-electron chi connectivity index (χ1n) is 2.64. The Labute approximate surface area is 61.8 Å². The maximum atomic E-state index is 10.0. The molecule has 2 N–H and O–H groups in total. The fourth-order valence-corrected chi connectivity index (χ4v) is 0.604. The highest BCUT2D eigenvalue weighted by atomic mass is 79.9. The lowest BCUT2D eigenvalue weighted by atomic mass is 10.2. The maximum Gasteiger partial charge on any atom is 0.333 e. The molecule has 0 fully saturated rings. The van der Waals surface area contributed by atoms with E-state index in [4.69, 9.17) is 10.2 Å². The number of aliphatic carboxylic acids is 1. The molecule has 0 aliphatic rings. The van der Waals surface area contributed by atoms with E-state index in [1.54, 1.807) is 6.92 Å². The van der Waals surface area contributed by atoms with E-state index in [0.29, 0.717) is 6.42 Å². The van der Waals surface area contributed by atoms with Crippen molar-refractivity contribution in [3.05, 3.63) is 0 Å². The van der Waals surface area contributed by atoms with Crippen LogP contribution in [0.5, 0.6) is 0 Å². The molecule has 2 atom stereocenters. The number of rotatable bonds is 3. The van der Waals surface area contributed by atoms with Crippen LogP contribution in [0.25, 0.3) is 0 Å². The van der Waals surface area contributed by atoms with Crippen LogP contribution in [0, 0.1) is 0 Å². The second-order valence-corrected chi connectivity index (χ2v) is 2.88. The van der Waals surface area contributed by atoms with Gasteiger partial charge in [-0.15, -0.1) is 0 Å². The number of carboxylic acids is 1. The van der Waals surface area contributed by atoms with Crippen LogP contribution in [0.15, 0.2) is 0 Å². The lowest BCUT2D eigenvalue weighted by Crippen LogP contribution is -2.28. The van der Waals surface area contributed by atoms with Crippen LogP contribution in [0.4, 0.5) is 0 Å². The number of carboxylic acid groups (broad SMARTS) is 1. The first-order valence-corrected chi connectivity index (χ1v) is 3.56. The van der Waals surface area contributed by atoms with Gasteiger partial charge >= 0.3 is 5.97 Å². The van der Waals surface area contributed by atoms with Crippen molar-refractivity contribution in [3.63, 3.8) is 0 Å². The molecule has 0 bridgehead atoms. The summed E-state index contributed by atoms with van der Waals surface area (Å²) in [6.07, 6.45) is -0.678. The molecule has 0 rings (SSSR count). The molecule has 0 spiro atoms. The fraction of sp³-hybridized carbons (Fsp3) is 0.800. The Hall–Kier alpha value is -0.0900. The van der Waals surface area contributed by atoms with Crippen LogP contribution in [-0.4, -0.2) is 27.1 Å². The molecule has 0 aromatic heterocycles. The van der Waals surface area contributed by atoms with Gasteiger partial charge in [0.25, 0.3) is 0 Å². The van der Waals surface area contributed by atoms with Crippen LogP contribution < -0.4 is 0 Å². The zero-order valence-electron chi connectivity index (χ0n) is 5.04. The Morgan fingerprint density at radius 3 is 2.33 bits per heavy atom.